The minimum Gasteiger partial charge on any atom is -0.462 e. The van der Waals surface area contributed by atoms with Crippen molar-refractivity contribution in [2.75, 3.05) is 13.2 Å². The molecule has 0 N–H and O–H groups in total. The smallest absolute Gasteiger partial charge is 0.306 e. The fraction of sp³-hybridized carbons (Fsp3) is 0.857. The van der Waals surface area contributed by atoms with E-state index < -0.39 is 6.10 Å². The van der Waals surface area contributed by atoms with Crippen molar-refractivity contribution < 1.29 is 28.6 Å². The van der Waals surface area contributed by atoms with Gasteiger partial charge in [-0.15, -0.1) is 0 Å². The fourth-order valence-electron chi connectivity index (χ4n) is 9.04. The van der Waals surface area contributed by atoms with Gasteiger partial charge in [-0.2, -0.15) is 0 Å². The van der Waals surface area contributed by atoms with Gasteiger partial charge < -0.3 is 14.2 Å². The molecule has 0 rings (SSSR count). The number of rotatable bonds is 56. The summed E-state index contributed by atoms with van der Waals surface area (Å²) in [6.45, 7) is 6.65. The largest absolute Gasteiger partial charge is 0.462 e. The van der Waals surface area contributed by atoms with Crippen LogP contribution in [0.3, 0.4) is 0 Å². The summed E-state index contributed by atoms with van der Waals surface area (Å²) in [4.78, 5) is 38.1. The molecule has 0 aliphatic heterocycles. The highest BCUT2D eigenvalue weighted by Gasteiger charge is 2.19. The van der Waals surface area contributed by atoms with Crippen molar-refractivity contribution >= 4 is 17.9 Å². The van der Waals surface area contributed by atoms with Gasteiger partial charge in [-0.3, -0.25) is 14.4 Å². The second-order valence-corrected chi connectivity index (χ2v) is 20.6. The van der Waals surface area contributed by atoms with Crippen LogP contribution in [0.25, 0.3) is 0 Å². The van der Waals surface area contributed by atoms with Crippen LogP contribution in [0.15, 0.2) is 36.5 Å². The normalized spacial score (nSPS) is 12.2. The summed E-state index contributed by atoms with van der Waals surface area (Å²) < 4.78 is 16.9. The van der Waals surface area contributed by atoms with Crippen LogP contribution in [0.4, 0.5) is 0 Å². The van der Waals surface area contributed by atoms with Crippen molar-refractivity contribution in [2.24, 2.45) is 0 Å². The van der Waals surface area contributed by atoms with E-state index in [1.165, 1.54) is 218 Å². The summed E-state index contributed by atoms with van der Waals surface area (Å²) in [6.07, 6.45) is 70.1. The zero-order valence-electron chi connectivity index (χ0n) is 46.3. The van der Waals surface area contributed by atoms with Gasteiger partial charge >= 0.3 is 17.9 Å². The molecule has 0 saturated heterocycles. The number of carbonyl (C=O) groups excluding carboxylic acids is 3. The van der Waals surface area contributed by atoms with E-state index in [9.17, 15) is 14.4 Å². The lowest BCUT2D eigenvalue weighted by Crippen LogP contribution is -2.30. The van der Waals surface area contributed by atoms with Crippen LogP contribution in [-0.2, 0) is 28.6 Å². The minimum absolute atomic E-state index is 0.0674. The van der Waals surface area contributed by atoms with Crippen LogP contribution in [-0.4, -0.2) is 37.2 Å². The van der Waals surface area contributed by atoms with Crippen LogP contribution >= 0.6 is 0 Å². The molecular weight excluding hydrogens is 853 g/mol. The van der Waals surface area contributed by atoms with Crippen LogP contribution < -0.4 is 0 Å². The molecule has 1 atom stereocenters. The second kappa shape index (κ2) is 58.2. The summed E-state index contributed by atoms with van der Waals surface area (Å²) in [6, 6.07) is 0. The molecule has 0 radical (unpaired) electrons. The van der Waals surface area contributed by atoms with Crippen LogP contribution in [0.2, 0.25) is 0 Å². The van der Waals surface area contributed by atoms with Crippen molar-refractivity contribution in [1.29, 1.82) is 0 Å². The number of allylic oxidation sites excluding steroid dienone is 6. The van der Waals surface area contributed by atoms with Crippen molar-refractivity contribution in [1.82, 2.24) is 0 Å². The lowest BCUT2D eigenvalue weighted by Gasteiger charge is -2.18. The van der Waals surface area contributed by atoms with Gasteiger partial charge in [-0.25, -0.2) is 0 Å². The van der Waals surface area contributed by atoms with Crippen molar-refractivity contribution in [3.8, 4) is 0 Å². The molecule has 0 aliphatic carbocycles. The number of unbranched alkanes of at least 4 members (excludes halogenated alkanes) is 39. The molecule has 69 heavy (non-hydrogen) atoms. The molecule has 0 aromatic rings. The topological polar surface area (TPSA) is 78.9 Å². The predicted molar refractivity (Wildman–Crippen MR) is 298 cm³/mol. The molecule has 0 aromatic carbocycles. The van der Waals surface area contributed by atoms with E-state index in [-0.39, 0.29) is 31.1 Å². The van der Waals surface area contributed by atoms with E-state index in [0.29, 0.717) is 19.3 Å². The molecule has 0 bridgehead atoms. The minimum atomic E-state index is -0.767. The molecule has 0 aromatic heterocycles. The average Bonchev–Trinajstić information content (AvgIpc) is 3.35. The molecule has 0 spiro atoms. The van der Waals surface area contributed by atoms with Gasteiger partial charge in [0.2, 0.25) is 0 Å². The van der Waals surface area contributed by atoms with Crippen molar-refractivity contribution in [3.05, 3.63) is 36.5 Å². The van der Waals surface area contributed by atoms with E-state index in [1.807, 2.05) is 0 Å². The SMILES string of the molecule is CCCCCCC/C=C\C/C=C\C/C=C\CCCCCCCCCCCCCCC(=O)OCC(COC(=O)CCCCCCCCCCC)OC(=O)CCCCCCCCCCCCCCCCC. The third kappa shape index (κ3) is 56.4. The quantitative estimate of drug-likeness (QED) is 0.0261. The first-order valence-electron chi connectivity index (χ1n) is 30.5. The predicted octanol–water partition coefficient (Wildman–Crippen LogP) is 20.4. The maximum absolute atomic E-state index is 12.8. The fourth-order valence-corrected chi connectivity index (χ4v) is 9.04. The molecule has 6 heteroatoms. The first-order chi connectivity index (χ1) is 34.0. The van der Waals surface area contributed by atoms with E-state index in [1.54, 1.807) is 0 Å². The number of carbonyl (C=O) groups is 3. The molecule has 0 amide bonds. The average molecular weight is 970 g/mol. The molecule has 6 nitrogen and oxygen atoms in total. The first-order valence-corrected chi connectivity index (χ1v) is 30.5. The summed E-state index contributed by atoms with van der Waals surface area (Å²) in [5.74, 6) is -0.853. The van der Waals surface area contributed by atoms with Gasteiger partial charge in [0, 0.05) is 19.3 Å². The van der Waals surface area contributed by atoms with Crippen LogP contribution in [0, 0.1) is 0 Å². The van der Waals surface area contributed by atoms with Gasteiger partial charge in [0.15, 0.2) is 6.10 Å². The Morgan fingerprint density at radius 2 is 0.522 bits per heavy atom. The lowest BCUT2D eigenvalue weighted by molar-refractivity contribution is -0.167. The van der Waals surface area contributed by atoms with E-state index in [0.717, 1.165) is 70.6 Å². The highest BCUT2D eigenvalue weighted by Crippen LogP contribution is 2.17. The Bertz CT molecular complexity index is 1160. The Labute approximate surface area is 429 Å². The van der Waals surface area contributed by atoms with E-state index in [4.69, 9.17) is 14.2 Å². The number of hydrogen-bond donors (Lipinski definition) is 0. The summed E-state index contributed by atoms with van der Waals surface area (Å²) >= 11 is 0. The third-order valence-corrected chi connectivity index (χ3v) is 13.6. The Hall–Kier alpha value is -2.37. The highest BCUT2D eigenvalue weighted by atomic mass is 16.6. The van der Waals surface area contributed by atoms with Gasteiger partial charge in [-0.05, 0) is 57.8 Å². The van der Waals surface area contributed by atoms with Gasteiger partial charge in [-0.1, -0.05) is 288 Å². The van der Waals surface area contributed by atoms with Gasteiger partial charge in [0.1, 0.15) is 13.2 Å². The Kier molecular flexibility index (Phi) is 56.2. The Balaban J connectivity index is 4.14. The van der Waals surface area contributed by atoms with E-state index >= 15 is 0 Å². The maximum atomic E-state index is 12.8. The number of hydrogen-bond acceptors (Lipinski definition) is 6. The zero-order valence-corrected chi connectivity index (χ0v) is 46.3. The monoisotopic (exact) mass is 969 g/mol. The second-order valence-electron chi connectivity index (χ2n) is 20.6. The molecule has 0 saturated carbocycles. The molecule has 404 valence electrons. The molecular formula is C63H116O6. The molecule has 0 aliphatic rings. The van der Waals surface area contributed by atoms with Gasteiger partial charge in [0.05, 0.1) is 0 Å². The Morgan fingerprint density at radius 3 is 0.812 bits per heavy atom. The van der Waals surface area contributed by atoms with Crippen molar-refractivity contribution in [3.63, 3.8) is 0 Å². The van der Waals surface area contributed by atoms with Crippen LogP contribution in [0.1, 0.15) is 329 Å². The summed E-state index contributed by atoms with van der Waals surface area (Å²) in [5, 5.41) is 0. The molecule has 0 fully saturated rings. The molecule has 1 unspecified atom stereocenters. The van der Waals surface area contributed by atoms with Gasteiger partial charge in [0.25, 0.3) is 0 Å². The Morgan fingerprint density at radius 1 is 0.290 bits per heavy atom. The molecule has 0 heterocycles. The van der Waals surface area contributed by atoms with Crippen LogP contribution in [0.5, 0.6) is 0 Å². The summed E-state index contributed by atoms with van der Waals surface area (Å²) in [7, 11) is 0. The standard InChI is InChI=1S/C63H116O6/c1-4-7-10-13-16-19-21-23-25-26-27-28-29-30-31-32-33-34-35-36-38-39-41-44-47-50-53-56-62(65)68-59-60(58-67-61(64)55-52-49-46-43-18-15-12-9-6-3)69-63(66)57-54-51-48-45-42-40-37-24-22-20-17-14-11-8-5-2/h21,23,26-27,29-30,60H,4-20,22,24-25,28,31-59H2,1-3H3/b23-21-,27-26-,30-29-. The summed E-state index contributed by atoms with van der Waals surface area (Å²) in [5.41, 5.74) is 0. The third-order valence-electron chi connectivity index (χ3n) is 13.6. The number of esters is 3. The maximum Gasteiger partial charge on any atom is 0.306 e. The highest BCUT2D eigenvalue weighted by molar-refractivity contribution is 5.71. The van der Waals surface area contributed by atoms with Crippen molar-refractivity contribution in [2.45, 2.75) is 335 Å². The van der Waals surface area contributed by atoms with E-state index in [2.05, 4.69) is 57.2 Å². The zero-order chi connectivity index (χ0) is 50.0. The lowest BCUT2D eigenvalue weighted by atomic mass is 10.0. The first kappa shape index (κ1) is 66.6. The number of ether oxygens (including phenoxy) is 3.